The quantitative estimate of drug-likeness (QED) is 0.533. The van der Waals surface area contributed by atoms with Gasteiger partial charge in [0.1, 0.15) is 0 Å². The molecule has 0 saturated carbocycles. The predicted molar refractivity (Wildman–Crippen MR) is 88.9 cm³/mol. The van der Waals surface area contributed by atoms with Gasteiger partial charge in [-0.05, 0) is 18.4 Å². The maximum absolute atomic E-state index is 11.8. The molecule has 2 rings (SSSR count). The minimum atomic E-state index is -1.25. The van der Waals surface area contributed by atoms with Gasteiger partial charge in [-0.3, -0.25) is 10.1 Å². The van der Waals surface area contributed by atoms with Gasteiger partial charge >= 0.3 is 11.9 Å². The van der Waals surface area contributed by atoms with E-state index < -0.39 is 22.8 Å². The Morgan fingerprint density at radius 1 is 1.12 bits per heavy atom. The topological polar surface area (TPSA) is 130 Å². The summed E-state index contributed by atoms with van der Waals surface area (Å²) in [6.07, 6.45) is 0.729. The zero-order valence-corrected chi connectivity index (χ0v) is 13.8. The monoisotopic (exact) mass is 346 g/mol. The molecular weight excluding hydrogens is 328 g/mol. The molecule has 0 amide bonds. The molecule has 1 aliphatic heterocycles. The summed E-state index contributed by atoms with van der Waals surface area (Å²) in [6, 6.07) is 5.43. The van der Waals surface area contributed by atoms with E-state index in [1.807, 2.05) is 0 Å². The molecule has 3 N–H and O–H groups in total. The Morgan fingerprint density at radius 3 is 2.04 bits per heavy atom. The van der Waals surface area contributed by atoms with Gasteiger partial charge in [-0.25, -0.2) is 9.59 Å². The van der Waals surface area contributed by atoms with Crippen LogP contribution < -0.4 is 5.32 Å². The number of hydrogen-bond acceptors (Lipinski definition) is 5. The highest BCUT2D eigenvalue weighted by Crippen LogP contribution is 2.40. The third kappa shape index (κ3) is 3.37. The number of dihydropyridines is 1. The van der Waals surface area contributed by atoms with Crippen molar-refractivity contribution in [3.8, 4) is 0 Å². The van der Waals surface area contributed by atoms with E-state index >= 15 is 0 Å². The van der Waals surface area contributed by atoms with Crippen LogP contribution in [0, 0.1) is 10.1 Å². The molecule has 0 radical (unpaired) electrons. The Morgan fingerprint density at radius 2 is 1.64 bits per heavy atom. The number of carboxylic acids is 2. The summed E-state index contributed by atoms with van der Waals surface area (Å²) in [5.74, 6) is -3.59. The van der Waals surface area contributed by atoms with Crippen molar-refractivity contribution >= 4 is 17.6 Å². The summed E-state index contributed by atoms with van der Waals surface area (Å²) >= 11 is 0. The van der Waals surface area contributed by atoms with E-state index in [1.165, 1.54) is 24.3 Å². The van der Waals surface area contributed by atoms with Crippen molar-refractivity contribution in [2.75, 3.05) is 0 Å². The zero-order chi connectivity index (χ0) is 18.7. The number of hydrogen-bond donors (Lipinski definition) is 3. The van der Waals surface area contributed by atoms with Crippen LogP contribution in [-0.2, 0) is 9.59 Å². The van der Waals surface area contributed by atoms with Crippen LogP contribution >= 0.6 is 0 Å². The summed E-state index contributed by atoms with van der Waals surface area (Å²) in [6.45, 7) is 3.52. The number of carboxylic acid groups (broad SMARTS) is 2. The average molecular weight is 346 g/mol. The van der Waals surface area contributed by atoms with Crippen LogP contribution in [0.1, 0.15) is 38.2 Å². The number of nitrogens with zero attached hydrogens (tertiary/aromatic N) is 1. The fraction of sp³-hybridized carbons (Fsp3) is 0.294. The van der Waals surface area contributed by atoms with E-state index in [4.69, 9.17) is 0 Å². The van der Waals surface area contributed by atoms with Crippen LogP contribution in [-0.4, -0.2) is 27.1 Å². The number of non-ortho nitro benzene ring substituents is 1. The largest absolute Gasteiger partial charge is 0.478 e. The number of carbonyl (C=O) groups is 2. The van der Waals surface area contributed by atoms with E-state index in [9.17, 15) is 29.9 Å². The first-order valence-electron chi connectivity index (χ1n) is 7.75. The highest BCUT2D eigenvalue weighted by Gasteiger charge is 2.38. The molecule has 0 saturated heterocycles. The van der Waals surface area contributed by atoms with Gasteiger partial charge in [0.2, 0.25) is 0 Å². The van der Waals surface area contributed by atoms with Gasteiger partial charge in [0.15, 0.2) is 0 Å². The van der Waals surface area contributed by atoms with Crippen molar-refractivity contribution in [1.82, 2.24) is 5.32 Å². The molecule has 1 aromatic rings. The van der Waals surface area contributed by atoms with E-state index in [0.29, 0.717) is 24.2 Å². The molecule has 0 aromatic heterocycles. The number of aliphatic carboxylic acids is 2. The third-order valence-electron chi connectivity index (χ3n) is 4.11. The van der Waals surface area contributed by atoms with Gasteiger partial charge < -0.3 is 15.5 Å². The second-order valence-electron chi connectivity index (χ2n) is 5.51. The zero-order valence-electron chi connectivity index (χ0n) is 13.8. The van der Waals surface area contributed by atoms with Crippen LogP contribution in [0.3, 0.4) is 0 Å². The maximum atomic E-state index is 11.8. The van der Waals surface area contributed by atoms with Crippen molar-refractivity contribution in [2.45, 2.75) is 32.6 Å². The van der Waals surface area contributed by atoms with Crippen molar-refractivity contribution in [2.24, 2.45) is 0 Å². The maximum Gasteiger partial charge on any atom is 0.334 e. The normalized spacial score (nSPS) is 15.1. The Hall–Kier alpha value is -3.16. The fourth-order valence-electron chi connectivity index (χ4n) is 3.02. The smallest absolute Gasteiger partial charge is 0.334 e. The summed E-state index contributed by atoms with van der Waals surface area (Å²) in [5, 5.41) is 33.3. The minimum absolute atomic E-state index is 0.0994. The van der Waals surface area contributed by atoms with Crippen LogP contribution in [0.4, 0.5) is 5.69 Å². The summed E-state index contributed by atoms with van der Waals surface area (Å²) in [7, 11) is 0. The standard InChI is InChI=1S/C17H18N2O6/c1-3-11-14(16(20)21)13(15(17(22)23)12(4-2)18-11)9-6-5-7-10(8-9)19(24)25/h5-8,13,18H,3-4H2,1-2H3,(H,20,21)(H,22,23). The molecular formula is C17H18N2O6. The summed E-state index contributed by atoms with van der Waals surface area (Å²) in [5.41, 5.74) is 0.663. The van der Waals surface area contributed by atoms with Crippen molar-refractivity contribution < 1.29 is 24.7 Å². The second kappa shape index (κ2) is 7.16. The minimum Gasteiger partial charge on any atom is -0.478 e. The Labute approximate surface area is 143 Å². The first kappa shape index (κ1) is 18.2. The molecule has 1 heterocycles. The number of nitro benzene ring substituents is 1. The molecule has 0 aliphatic carbocycles. The molecule has 132 valence electrons. The van der Waals surface area contributed by atoms with E-state index in [2.05, 4.69) is 5.32 Å². The Kier molecular flexibility index (Phi) is 5.21. The third-order valence-corrected chi connectivity index (χ3v) is 4.11. The van der Waals surface area contributed by atoms with E-state index in [-0.39, 0.29) is 22.4 Å². The van der Waals surface area contributed by atoms with Crippen LogP contribution in [0.2, 0.25) is 0 Å². The highest BCUT2D eigenvalue weighted by atomic mass is 16.6. The molecule has 0 bridgehead atoms. The van der Waals surface area contributed by atoms with Gasteiger partial charge in [0.25, 0.3) is 5.69 Å². The SMILES string of the molecule is CCC1=C(C(=O)O)C(c2cccc([N+](=O)[O-])c2)C(C(=O)O)=C(CC)N1. The molecule has 0 atom stereocenters. The van der Waals surface area contributed by atoms with Crippen LogP contribution in [0.5, 0.6) is 0 Å². The number of allylic oxidation sites excluding steroid dienone is 2. The van der Waals surface area contributed by atoms with Crippen LogP contribution in [0.15, 0.2) is 46.8 Å². The first-order valence-corrected chi connectivity index (χ1v) is 7.75. The van der Waals surface area contributed by atoms with E-state index in [0.717, 1.165) is 0 Å². The molecule has 1 aromatic carbocycles. The highest BCUT2D eigenvalue weighted by molar-refractivity contribution is 5.98. The number of nitrogens with one attached hydrogen (secondary N) is 1. The van der Waals surface area contributed by atoms with Gasteiger partial charge in [0.05, 0.1) is 22.0 Å². The molecule has 25 heavy (non-hydrogen) atoms. The number of rotatable bonds is 6. The van der Waals surface area contributed by atoms with E-state index in [1.54, 1.807) is 13.8 Å². The van der Waals surface area contributed by atoms with Crippen LogP contribution in [0.25, 0.3) is 0 Å². The van der Waals surface area contributed by atoms with Crippen molar-refractivity contribution in [3.63, 3.8) is 0 Å². The molecule has 8 nitrogen and oxygen atoms in total. The Bertz CT molecular complexity index is 771. The van der Waals surface area contributed by atoms with Crippen molar-refractivity contribution in [3.05, 3.63) is 62.5 Å². The van der Waals surface area contributed by atoms with Gasteiger partial charge in [-0.1, -0.05) is 26.0 Å². The van der Waals surface area contributed by atoms with Gasteiger partial charge in [-0.2, -0.15) is 0 Å². The van der Waals surface area contributed by atoms with Gasteiger partial charge in [-0.15, -0.1) is 0 Å². The summed E-state index contributed by atoms with van der Waals surface area (Å²) < 4.78 is 0. The number of benzene rings is 1. The molecule has 0 unspecified atom stereocenters. The number of nitro groups is 1. The second-order valence-corrected chi connectivity index (χ2v) is 5.51. The Balaban J connectivity index is 2.78. The fourth-order valence-corrected chi connectivity index (χ4v) is 3.02. The van der Waals surface area contributed by atoms with Gasteiger partial charge in [0, 0.05) is 23.5 Å². The average Bonchev–Trinajstić information content (AvgIpc) is 2.59. The first-order chi connectivity index (χ1) is 11.8. The lowest BCUT2D eigenvalue weighted by molar-refractivity contribution is -0.384. The lowest BCUT2D eigenvalue weighted by Crippen LogP contribution is -2.32. The lowest BCUT2D eigenvalue weighted by Gasteiger charge is -2.30. The molecule has 0 spiro atoms. The predicted octanol–water partition coefficient (Wildman–Crippen LogP) is 2.78. The molecule has 8 heteroatoms. The molecule has 0 fully saturated rings. The summed E-state index contributed by atoms with van der Waals surface area (Å²) in [4.78, 5) is 34.1. The van der Waals surface area contributed by atoms with Crippen molar-refractivity contribution in [1.29, 1.82) is 0 Å². The molecule has 1 aliphatic rings. The lowest BCUT2D eigenvalue weighted by atomic mass is 9.79.